The number of hydrogen-bond donors (Lipinski definition) is 1. The lowest BCUT2D eigenvalue weighted by atomic mass is 9.78. The second-order valence-corrected chi connectivity index (χ2v) is 7.92. The average molecular weight is 406 g/mol. The van der Waals surface area contributed by atoms with E-state index in [2.05, 4.69) is 24.3 Å². The maximum absolute atomic E-state index is 13.7. The number of phenols is 1. The van der Waals surface area contributed by atoms with Crippen molar-refractivity contribution in [2.75, 3.05) is 14.2 Å². The van der Waals surface area contributed by atoms with Gasteiger partial charge in [0.25, 0.3) is 0 Å². The zero-order chi connectivity index (χ0) is 21.1. The fraction of sp³-hybridized carbons (Fsp3) is 0.308. The molecule has 1 atom stereocenters. The van der Waals surface area contributed by atoms with Crippen LogP contribution >= 0.6 is 0 Å². The molecule has 0 bridgehead atoms. The molecule has 3 aromatic carbocycles. The van der Waals surface area contributed by atoms with Gasteiger partial charge in [0, 0.05) is 0 Å². The van der Waals surface area contributed by atoms with Crippen LogP contribution in [0.3, 0.4) is 0 Å². The molecule has 1 N–H and O–H groups in total. The van der Waals surface area contributed by atoms with E-state index in [-0.39, 0.29) is 5.75 Å². The molecule has 0 spiro atoms. The molecule has 0 aliphatic heterocycles. The monoisotopic (exact) mass is 406 g/mol. The van der Waals surface area contributed by atoms with Crippen LogP contribution in [-0.2, 0) is 25.7 Å². The van der Waals surface area contributed by atoms with Gasteiger partial charge in [-0.3, -0.25) is 0 Å². The zero-order valence-electron chi connectivity index (χ0n) is 17.5. The summed E-state index contributed by atoms with van der Waals surface area (Å²) >= 11 is 0. The van der Waals surface area contributed by atoms with Gasteiger partial charge >= 0.3 is 0 Å². The molecule has 156 valence electrons. The fourth-order valence-electron chi connectivity index (χ4n) is 4.43. The van der Waals surface area contributed by atoms with Gasteiger partial charge in [-0.15, -0.1) is 0 Å². The molecule has 0 radical (unpaired) electrons. The van der Waals surface area contributed by atoms with Crippen LogP contribution in [0.1, 0.15) is 40.2 Å². The van der Waals surface area contributed by atoms with Gasteiger partial charge in [0.15, 0.2) is 11.6 Å². The predicted octanol–water partition coefficient (Wildman–Crippen LogP) is 5.61. The Morgan fingerprint density at radius 1 is 0.900 bits per heavy atom. The minimum atomic E-state index is -0.572. The molecule has 0 heterocycles. The van der Waals surface area contributed by atoms with Crippen LogP contribution < -0.4 is 9.47 Å². The Morgan fingerprint density at radius 3 is 2.43 bits per heavy atom. The highest BCUT2D eigenvalue weighted by Gasteiger charge is 2.23. The first-order valence-corrected chi connectivity index (χ1v) is 10.4. The normalized spacial score (nSPS) is 15.5. The van der Waals surface area contributed by atoms with Crippen LogP contribution in [0.4, 0.5) is 4.39 Å². The Morgan fingerprint density at radius 2 is 1.67 bits per heavy atom. The van der Waals surface area contributed by atoms with Gasteiger partial charge in [-0.2, -0.15) is 0 Å². The predicted molar refractivity (Wildman–Crippen MR) is 116 cm³/mol. The van der Waals surface area contributed by atoms with Crippen LogP contribution in [0.5, 0.6) is 17.2 Å². The third kappa shape index (κ3) is 4.28. The number of methoxy groups -OCH3 is 2. The number of phenolic OH excluding ortho intramolecular Hbond substituents is 1. The number of aryl methyl sites for hydroxylation is 3. The summed E-state index contributed by atoms with van der Waals surface area (Å²) < 4.78 is 24.5. The summed E-state index contributed by atoms with van der Waals surface area (Å²) in [7, 11) is 3.38. The van der Waals surface area contributed by atoms with Gasteiger partial charge in [0.1, 0.15) is 11.5 Å². The molecule has 4 heteroatoms. The standard InChI is InChI=1S/C26H27FO3/c1-29-22-9-8-18-14-20(7-6-19(18)15-22)24-11-10-23(30-2)16-21(24)5-3-17-4-12-26(28)25(27)13-17/h4,8-13,15-16,20,28H,3,5-7,14H2,1-2H3. The van der Waals surface area contributed by atoms with Gasteiger partial charge in [-0.1, -0.05) is 18.2 Å². The number of ether oxygens (including phenoxy) is 2. The molecule has 1 unspecified atom stereocenters. The Bertz CT molecular complexity index is 1040. The van der Waals surface area contributed by atoms with Gasteiger partial charge in [0.2, 0.25) is 0 Å². The SMILES string of the molecule is COc1ccc2c(c1)CCC(c1ccc(OC)cc1CCc1ccc(O)c(F)c1)C2. The smallest absolute Gasteiger partial charge is 0.165 e. The topological polar surface area (TPSA) is 38.7 Å². The number of halogens is 1. The largest absolute Gasteiger partial charge is 0.505 e. The first kappa shape index (κ1) is 20.3. The van der Waals surface area contributed by atoms with Gasteiger partial charge in [-0.25, -0.2) is 4.39 Å². The van der Waals surface area contributed by atoms with Gasteiger partial charge < -0.3 is 14.6 Å². The molecule has 3 aromatic rings. The van der Waals surface area contributed by atoms with E-state index in [1.807, 2.05) is 12.1 Å². The molecule has 30 heavy (non-hydrogen) atoms. The van der Waals surface area contributed by atoms with Crippen molar-refractivity contribution >= 4 is 0 Å². The summed E-state index contributed by atoms with van der Waals surface area (Å²) in [6.07, 6.45) is 4.63. The Kier molecular flexibility index (Phi) is 5.93. The fourth-order valence-corrected chi connectivity index (χ4v) is 4.43. The Labute approximate surface area is 177 Å². The molecule has 0 saturated heterocycles. The van der Waals surface area contributed by atoms with Crippen LogP contribution in [0.2, 0.25) is 0 Å². The molecule has 3 nitrogen and oxygen atoms in total. The lowest BCUT2D eigenvalue weighted by Crippen LogP contribution is -2.15. The minimum absolute atomic E-state index is 0.307. The molecular formula is C26H27FO3. The number of rotatable bonds is 6. The van der Waals surface area contributed by atoms with Crippen molar-refractivity contribution in [2.45, 2.75) is 38.0 Å². The maximum atomic E-state index is 13.7. The third-order valence-electron chi connectivity index (χ3n) is 6.13. The molecule has 0 aromatic heterocycles. The maximum Gasteiger partial charge on any atom is 0.165 e. The van der Waals surface area contributed by atoms with E-state index in [0.717, 1.165) is 42.7 Å². The van der Waals surface area contributed by atoms with E-state index in [1.54, 1.807) is 20.3 Å². The number of benzene rings is 3. The molecular weight excluding hydrogens is 379 g/mol. The molecule has 4 rings (SSSR count). The highest BCUT2D eigenvalue weighted by atomic mass is 19.1. The molecule has 1 aliphatic carbocycles. The van der Waals surface area contributed by atoms with Crippen LogP contribution in [0.15, 0.2) is 54.6 Å². The van der Waals surface area contributed by atoms with Crippen molar-refractivity contribution in [2.24, 2.45) is 0 Å². The highest BCUT2D eigenvalue weighted by Crippen LogP contribution is 2.37. The van der Waals surface area contributed by atoms with E-state index in [9.17, 15) is 9.50 Å². The summed E-state index contributed by atoms with van der Waals surface area (Å²) in [5.41, 5.74) is 6.22. The van der Waals surface area contributed by atoms with E-state index >= 15 is 0 Å². The lowest BCUT2D eigenvalue weighted by Gasteiger charge is -2.27. The minimum Gasteiger partial charge on any atom is -0.505 e. The van der Waals surface area contributed by atoms with Crippen LogP contribution in [-0.4, -0.2) is 19.3 Å². The first-order valence-electron chi connectivity index (χ1n) is 10.4. The second-order valence-electron chi connectivity index (χ2n) is 7.92. The van der Waals surface area contributed by atoms with Crippen molar-refractivity contribution in [1.29, 1.82) is 0 Å². The first-order chi connectivity index (χ1) is 14.6. The molecule has 0 saturated carbocycles. The summed E-state index contributed by atoms with van der Waals surface area (Å²) in [5, 5.41) is 9.43. The zero-order valence-corrected chi connectivity index (χ0v) is 17.5. The highest BCUT2D eigenvalue weighted by molar-refractivity contribution is 5.43. The second kappa shape index (κ2) is 8.78. The van der Waals surface area contributed by atoms with E-state index in [4.69, 9.17) is 9.47 Å². The Balaban J connectivity index is 1.57. The molecule has 0 amide bonds. The van der Waals surface area contributed by atoms with Crippen molar-refractivity contribution in [3.8, 4) is 17.2 Å². The van der Waals surface area contributed by atoms with E-state index in [1.165, 1.54) is 34.4 Å². The number of fused-ring (bicyclic) bond motifs is 1. The summed E-state index contributed by atoms with van der Waals surface area (Å²) in [6.45, 7) is 0. The number of hydrogen-bond acceptors (Lipinski definition) is 3. The summed E-state index contributed by atoms with van der Waals surface area (Å²) in [6, 6.07) is 17.3. The Hall–Kier alpha value is -3.01. The number of aromatic hydroxyl groups is 1. The lowest BCUT2D eigenvalue weighted by molar-refractivity contribution is 0.412. The van der Waals surface area contributed by atoms with Crippen molar-refractivity contribution in [3.05, 3.63) is 88.2 Å². The third-order valence-corrected chi connectivity index (χ3v) is 6.13. The molecule has 0 fully saturated rings. The van der Waals surface area contributed by atoms with Crippen molar-refractivity contribution in [3.63, 3.8) is 0 Å². The van der Waals surface area contributed by atoms with Gasteiger partial charge in [-0.05, 0) is 102 Å². The van der Waals surface area contributed by atoms with Crippen LogP contribution in [0.25, 0.3) is 0 Å². The van der Waals surface area contributed by atoms with Crippen molar-refractivity contribution in [1.82, 2.24) is 0 Å². The quantitative estimate of drug-likeness (QED) is 0.579. The van der Waals surface area contributed by atoms with Crippen LogP contribution in [0, 0.1) is 5.82 Å². The molecule has 1 aliphatic rings. The average Bonchev–Trinajstić information content (AvgIpc) is 2.79. The summed E-state index contributed by atoms with van der Waals surface area (Å²) in [4.78, 5) is 0. The van der Waals surface area contributed by atoms with Crippen molar-refractivity contribution < 1.29 is 19.0 Å². The van der Waals surface area contributed by atoms with E-state index in [0.29, 0.717) is 12.3 Å². The van der Waals surface area contributed by atoms with E-state index < -0.39 is 5.82 Å². The van der Waals surface area contributed by atoms with Gasteiger partial charge in [0.05, 0.1) is 14.2 Å². The summed E-state index contributed by atoms with van der Waals surface area (Å²) in [5.74, 6) is 1.32.